The SMILES string of the molecule is C.CC.CC(C)N1CCN2CCOCC2C1.CO. The van der Waals surface area contributed by atoms with Crippen molar-refractivity contribution in [2.75, 3.05) is 46.5 Å². The van der Waals surface area contributed by atoms with Crippen LogP contribution in [0.15, 0.2) is 0 Å². The molecule has 0 saturated carbocycles. The number of piperazine rings is 1. The molecule has 0 bridgehead atoms. The summed E-state index contributed by atoms with van der Waals surface area (Å²) in [5.74, 6) is 0. The van der Waals surface area contributed by atoms with Crippen molar-refractivity contribution >= 4 is 0 Å². The van der Waals surface area contributed by atoms with Crippen LogP contribution in [-0.4, -0.2) is 73.5 Å². The molecule has 18 heavy (non-hydrogen) atoms. The molecule has 0 aromatic carbocycles. The second-order valence-electron chi connectivity index (χ2n) is 4.35. The van der Waals surface area contributed by atoms with Crippen LogP contribution < -0.4 is 0 Å². The summed E-state index contributed by atoms with van der Waals surface area (Å²) in [6.45, 7) is 15.2. The van der Waals surface area contributed by atoms with Crippen LogP contribution in [0.5, 0.6) is 0 Å². The Hall–Kier alpha value is -0.160. The number of aliphatic hydroxyl groups is 1. The van der Waals surface area contributed by atoms with E-state index in [1.165, 1.54) is 19.6 Å². The van der Waals surface area contributed by atoms with Crippen LogP contribution in [0.1, 0.15) is 35.1 Å². The molecule has 0 spiro atoms. The van der Waals surface area contributed by atoms with E-state index in [0.29, 0.717) is 12.1 Å². The van der Waals surface area contributed by atoms with Crippen LogP contribution in [0.25, 0.3) is 0 Å². The molecule has 0 amide bonds. The van der Waals surface area contributed by atoms with Crippen LogP contribution in [-0.2, 0) is 4.74 Å². The first-order valence-corrected chi connectivity index (χ1v) is 6.78. The summed E-state index contributed by atoms with van der Waals surface area (Å²) < 4.78 is 5.50. The molecular weight excluding hydrogens is 228 g/mol. The zero-order chi connectivity index (χ0) is 13.3. The molecule has 0 radical (unpaired) electrons. The van der Waals surface area contributed by atoms with Gasteiger partial charge in [0, 0.05) is 45.4 Å². The van der Waals surface area contributed by atoms with Gasteiger partial charge in [-0.25, -0.2) is 0 Å². The zero-order valence-corrected chi connectivity index (χ0v) is 12.1. The fraction of sp³-hybridized carbons (Fsp3) is 1.00. The number of hydrogen-bond donors (Lipinski definition) is 1. The summed E-state index contributed by atoms with van der Waals surface area (Å²) in [5.41, 5.74) is 0. The second kappa shape index (κ2) is 11.9. The van der Waals surface area contributed by atoms with Crippen molar-refractivity contribution in [3.8, 4) is 0 Å². The predicted molar refractivity (Wildman–Crippen MR) is 79.1 cm³/mol. The van der Waals surface area contributed by atoms with Gasteiger partial charge in [-0.1, -0.05) is 21.3 Å². The van der Waals surface area contributed by atoms with E-state index in [9.17, 15) is 0 Å². The Kier molecular flexibility index (Phi) is 13.3. The molecule has 1 N–H and O–H groups in total. The van der Waals surface area contributed by atoms with Crippen LogP contribution >= 0.6 is 0 Å². The maximum atomic E-state index is 7.00. The van der Waals surface area contributed by atoms with Gasteiger partial charge in [-0.3, -0.25) is 9.80 Å². The molecule has 2 fully saturated rings. The third-order valence-corrected chi connectivity index (χ3v) is 3.20. The van der Waals surface area contributed by atoms with Crippen LogP contribution in [0.4, 0.5) is 0 Å². The molecular formula is C14H34N2O2. The number of morpholine rings is 1. The van der Waals surface area contributed by atoms with Gasteiger partial charge in [-0.05, 0) is 13.8 Å². The number of nitrogens with zero attached hydrogens (tertiary/aromatic N) is 2. The van der Waals surface area contributed by atoms with Crippen LogP contribution in [0.3, 0.4) is 0 Å². The Morgan fingerprint density at radius 1 is 1.11 bits per heavy atom. The van der Waals surface area contributed by atoms with Crippen molar-refractivity contribution in [3.63, 3.8) is 0 Å². The van der Waals surface area contributed by atoms with Crippen molar-refractivity contribution in [1.82, 2.24) is 9.80 Å². The van der Waals surface area contributed by atoms with Gasteiger partial charge >= 0.3 is 0 Å². The lowest BCUT2D eigenvalue weighted by Gasteiger charge is -2.45. The van der Waals surface area contributed by atoms with Gasteiger partial charge in [0.15, 0.2) is 0 Å². The van der Waals surface area contributed by atoms with Gasteiger partial charge in [0.1, 0.15) is 0 Å². The Labute approximate surface area is 114 Å². The number of ether oxygens (including phenoxy) is 1. The highest BCUT2D eigenvalue weighted by Crippen LogP contribution is 2.15. The van der Waals surface area contributed by atoms with Gasteiger partial charge in [0.2, 0.25) is 0 Å². The zero-order valence-electron chi connectivity index (χ0n) is 12.1. The second-order valence-corrected chi connectivity index (χ2v) is 4.35. The highest BCUT2D eigenvalue weighted by molar-refractivity contribution is 4.85. The lowest BCUT2D eigenvalue weighted by molar-refractivity contribution is -0.0501. The molecule has 2 rings (SSSR count). The fourth-order valence-electron chi connectivity index (χ4n) is 2.24. The molecule has 0 aromatic rings. The molecule has 2 aliphatic heterocycles. The molecule has 2 saturated heterocycles. The first kappa shape index (κ1) is 20.2. The summed E-state index contributed by atoms with van der Waals surface area (Å²) in [7, 11) is 1.00. The Morgan fingerprint density at radius 3 is 2.28 bits per heavy atom. The van der Waals surface area contributed by atoms with E-state index in [1.807, 2.05) is 13.8 Å². The number of fused-ring (bicyclic) bond motifs is 1. The van der Waals surface area contributed by atoms with Gasteiger partial charge in [0.25, 0.3) is 0 Å². The molecule has 0 aromatic heterocycles. The monoisotopic (exact) mass is 262 g/mol. The van der Waals surface area contributed by atoms with E-state index in [4.69, 9.17) is 9.84 Å². The van der Waals surface area contributed by atoms with E-state index in [2.05, 4.69) is 23.6 Å². The first-order valence-electron chi connectivity index (χ1n) is 6.78. The third kappa shape index (κ3) is 6.14. The molecule has 2 heterocycles. The van der Waals surface area contributed by atoms with E-state index < -0.39 is 0 Å². The highest BCUT2D eigenvalue weighted by Gasteiger charge is 2.30. The summed E-state index contributed by atoms with van der Waals surface area (Å²) in [4.78, 5) is 5.12. The predicted octanol–water partition coefficient (Wildman–Crippen LogP) is 1.68. The van der Waals surface area contributed by atoms with Gasteiger partial charge < -0.3 is 9.84 Å². The minimum Gasteiger partial charge on any atom is -0.400 e. The Morgan fingerprint density at radius 2 is 1.72 bits per heavy atom. The normalized spacial score (nSPS) is 23.8. The third-order valence-electron chi connectivity index (χ3n) is 3.20. The van der Waals surface area contributed by atoms with Gasteiger partial charge in [-0.2, -0.15) is 0 Å². The van der Waals surface area contributed by atoms with Crippen molar-refractivity contribution in [2.24, 2.45) is 0 Å². The molecule has 1 unspecified atom stereocenters. The molecule has 2 aliphatic rings. The van der Waals surface area contributed by atoms with Crippen molar-refractivity contribution in [3.05, 3.63) is 0 Å². The maximum absolute atomic E-state index is 7.00. The van der Waals surface area contributed by atoms with E-state index in [0.717, 1.165) is 26.9 Å². The fourth-order valence-corrected chi connectivity index (χ4v) is 2.24. The molecule has 4 nitrogen and oxygen atoms in total. The standard InChI is InChI=1S/C10H20N2O.C2H6.CH4O.CH4/c1-9(2)12-4-3-11-5-6-13-8-10(11)7-12;2*1-2;/h9-10H,3-8H2,1-2H3;1-2H3;2H,1H3;1H4. The van der Waals surface area contributed by atoms with E-state index in [-0.39, 0.29) is 7.43 Å². The minimum atomic E-state index is 0. The molecule has 112 valence electrons. The lowest BCUT2D eigenvalue weighted by atomic mass is 10.1. The molecule has 4 heteroatoms. The van der Waals surface area contributed by atoms with Gasteiger partial charge in [0.05, 0.1) is 13.2 Å². The topological polar surface area (TPSA) is 35.9 Å². The summed E-state index contributed by atoms with van der Waals surface area (Å²) in [5, 5.41) is 7.00. The minimum absolute atomic E-state index is 0. The van der Waals surface area contributed by atoms with E-state index in [1.54, 1.807) is 0 Å². The van der Waals surface area contributed by atoms with Crippen molar-refractivity contribution in [2.45, 2.75) is 47.2 Å². The quantitative estimate of drug-likeness (QED) is 0.780. The largest absolute Gasteiger partial charge is 0.400 e. The number of aliphatic hydroxyl groups excluding tert-OH is 1. The molecule has 0 aliphatic carbocycles. The maximum Gasteiger partial charge on any atom is 0.0634 e. The summed E-state index contributed by atoms with van der Waals surface area (Å²) in [6, 6.07) is 1.34. The average Bonchev–Trinajstić information content (AvgIpc) is 2.42. The van der Waals surface area contributed by atoms with Crippen molar-refractivity contribution < 1.29 is 9.84 Å². The van der Waals surface area contributed by atoms with Gasteiger partial charge in [-0.15, -0.1) is 0 Å². The Balaban J connectivity index is 0. The summed E-state index contributed by atoms with van der Waals surface area (Å²) >= 11 is 0. The highest BCUT2D eigenvalue weighted by atomic mass is 16.5. The lowest BCUT2D eigenvalue weighted by Crippen LogP contribution is -2.59. The smallest absolute Gasteiger partial charge is 0.0634 e. The molecule has 1 atom stereocenters. The summed E-state index contributed by atoms with van der Waals surface area (Å²) in [6.07, 6.45) is 0. The van der Waals surface area contributed by atoms with E-state index >= 15 is 0 Å². The Bertz CT molecular complexity index is 177. The number of hydrogen-bond acceptors (Lipinski definition) is 4. The van der Waals surface area contributed by atoms with Crippen LogP contribution in [0, 0.1) is 0 Å². The average molecular weight is 262 g/mol. The van der Waals surface area contributed by atoms with Crippen molar-refractivity contribution in [1.29, 1.82) is 0 Å². The van der Waals surface area contributed by atoms with Crippen LogP contribution in [0.2, 0.25) is 0 Å². The number of rotatable bonds is 1. The first-order chi connectivity index (χ1) is 8.27.